The normalized spacial score (nSPS) is 14.3. The number of rotatable bonds is 1. The molecule has 0 saturated carbocycles. The molecular formula is C14H12Cl2N2O. The van der Waals surface area contributed by atoms with Crippen LogP contribution in [0.25, 0.3) is 0 Å². The maximum atomic E-state index is 11.4. The van der Waals surface area contributed by atoms with Gasteiger partial charge >= 0.3 is 0 Å². The number of anilines is 1. The molecule has 1 aliphatic heterocycles. The molecule has 0 bridgehead atoms. The van der Waals surface area contributed by atoms with Gasteiger partial charge in [-0.05, 0) is 35.7 Å². The van der Waals surface area contributed by atoms with Crippen molar-refractivity contribution < 1.29 is 0 Å². The maximum absolute atomic E-state index is 11.4. The van der Waals surface area contributed by atoms with Gasteiger partial charge in [0.15, 0.2) is 0 Å². The monoisotopic (exact) mass is 294 g/mol. The molecule has 0 fully saturated rings. The largest absolute Gasteiger partial charge is 0.367 e. The fourth-order valence-corrected chi connectivity index (χ4v) is 2.66. The second-order valence-electron chi connectivity index (χ2n) is 4.62. The van der Waals surface area contributed by atoms with Crippen LogP contribution in [-0.2, 0) is 13.0 Å². The van der Waals surface area contributed by atoms with Crippen molar-refractivity contribution in [1.82, 2.24) is 4.98 Å². The maximum Gasteiger partial charge on any atom is 0.248 e. The first kappa shape index (κ1) is 12.6. The smallest absolute Gasteiger partial charge is 0.248 e. The highest BCUT2D eigenvalue weighted by molar-refractivity contribution is 6.42. The zero-order valence-electron chi connectivity index (χ0n) is 10.1. The second-order valence-corrected chi connectivity index (χ2v) is 5.43. The lowest BCUT2D eigenvalue weighted by molar-refractivity contribution is 0.726. The number of aromatic amines is 1. The first-order valence-corrected chi connectivity index (χ1v) is 6.79. The lowest BCUT2D eigenvalue weighted by Gasteiger charge is -2.30. The van der Waals surface area contributed by atoms with Crippen LogP contribution < -0.4 is 10.5 Å². The molecule has 0 radical (unpaired) electrons. The Bertz CT molecular complexity index is 681. The highest BCUT2D eigenvalue weighted by atomic mass is 35.5. The first-order chi connectivity index (χ1) is 9.13. The van der Waals surface area contributed by atoms with E-state index in [1.165, 1.54) is 5.56 Å². The van der Waals surface area contributed by atoms with E-state index in [-0.39, 0.29) is 5.56 Å². The summed E-state index contributed by atoms with van der Waals surface area (Å²) in [6.07, 6.45) is 2.72. The SMILES string of the molecule is O=c1cc2c(c[nH]1)CCN(c1ccc(Cl)c(Cl)c1)C2. The van der Waals surface area contributed by atoms with Crippen LogP contribution in [0.15, 0.2) is 35.3 Å². The Balaban J connectivity index is 1.92. The minimum Gasteiger partial charge on any atom is -0.367 e. The standard InChI is InChI=1S/C14H12Cl2N2O/c15-12-2-1-11(6-13(12)16)18-4-3-9-7-17-14(19)5-10(9)8-18/h1-2,5-7H,3-4,8H2,(H,17,19). The predicted octanol–water partition coefficient (Wildman–Crippen LogP) is 3.24. The van der Waals surface area contributed by atoms with Crippen LogP contribution in [0.4, 0.5) is 5.69 Å². The molecule has 3 rings (SSSR count). The zero-order valence-corrected chi connectivity index (χ0v) is 11.6. The summed E-state index contributed by atoms with van der Waals surface area (Å²) in [5.41, 5.74) is 3.24. The fourth-order valence-electron chi connectivity index (χ4n) is 2.37. The van der Waals surface area contributed by atoms with Crippen LogP contribution in [0.3, 0.4) is 0 Å². The highest BCUT2D eigenvalue weighted by Gasteiger charge is 2.17. The lowest BCUT2D eigenvalue weighted by Crippen LogP contribution is -2.31. The number of nitrogens with one attached hydrogen (secondary N) is 1. The van der Waals surface area contributed by atoms with Crippen LogP contribution in [0, 0.1) is 0 Å². The van der Waals surface area contributed by atoms with E-state index in [1.807, 2.05) is 18.3 Å². The van der Waals surface area contributed by atoms with Gasteiger partial charge in [-0.2, -0.15) is 0 Å². The van der Waals surface area contributed by atoms with E-state index in [4.69, 9.17) is 23.2 Å². The Labute approximate surface area is 120 Å². The van der Waals surface area contributed by atoms with E-state index >= 15 is 0 Å². The van der Waals surface area contributed by atoms with Gasteiger partial charge in [-0.3, -0.25) is 4.79 Å². The van der Waals surface area contributed by atoms with Crippen LogP contribution in [0.2, 0.25) is 10.0 Å². The molecule has 0 spiro atoms. The van der Waals surface area contributed by atoms with Crippen LogP contribution in [0.5, 0.6) is 0 Å². The van der Waals surface area contributed by atoms with Crippen molar-refractivity contribution in [2.45, 2.75) is 13.0 Å². The second kappa shape index (κ2) is 4.91. The van der Waals surface area contributed by atoms with Gasteiger partial charge in [0.1, 0.15) is 0 Å². The van der Waals surface area contributed by atoms with Crippen LogP contribution in [-0.4, -0.2) is 11.5 Å². The summed E-state index contributed by atoms with van der Waals surface area (Å²) in [4.78, 5) is 16.3. The number of fused-ring (bicyclic) bond motifs is 1. The van der Waals surface area contributed by atoms with Crippen molar-refractivity contribution >= 4 is 28.9 Å². The minimum absolute atomic E-state index is 0.0604. The van der Waals surface area contributed by atoms with Crippen molar-refractivity contribution in [3.05, 3.63) is 62.0 Å². The molecule has 1 aliphatic rings. The van der Waals surface area contributed by atoms with Gasteiger partial charge in [0.2, 0.25) is 5.56 Å². The summed E-state index contributed by atoms with van der Waals surface area (Å²) in [6.45, 7) is 1.62. The van der Waals surface area contributed by atoms with Gasteiger partial charge in [-0.25, -0.2) is 0 Å². The number of H-pyrrole nitrogens is 1. The van der Waals surface area contributed by atoms with Crippen LogP contribution >= 0.6 is 23.2 Å². The molecule has 0 atom stereocenters. The third-order valence-electron chi connectivity index (χ3n) is 3.39. The average molecular weight is 295 g/mol. The van der Waals surface area contributed by atoms with Gasteiger partial charge in [0.25, 0.3) is 0 Å². The highest BCUT2D eigenvalue weighted by Crippen LogP contribution is 2.29. The van der Waals surface area contributed by atoms with Gasteiger partial charge in [-0.1, -0.05) is 23.2 Å². The Morgan fingerprint density at radius 1 is 1.11 bits per heavy atom. The Kier molecular flexibility index (Phi) is 3.25. The molecule has 1 N–H and O–H groups in total. The number of hydrogen-bond donors (Lipinski definition) is 1. The Hall–Kier alpha value is -1.45. The average Bonchev–Trinajstić information content (AvgIpc) is 2.41. The number of nitrogens with zero attached hydrogens (tertiary/aromatic N) is 1. The molecule has 2 aromatic rings. The summed E-state index contributed by atoms with van der Waals surface area (Å²) >= 11 is 12.0. The molecule has 2 heterocycles. The third-order valence-corrected chi connectivity index (χ3v) is 4.13. The number of aromatic nitrogens is 1. The van der Waals surface area contributed by atoms with E-state index in [0.29, 0.717) is 10.0 Å². The minimum atomic E-state index is -0.0604. The van der Waals surface area contributed by atoms with E-state index in [2.05, 4.69) is 9.88 Å². The summed E-state index contributed by atoms with van der Waals surface area (Å²) in [7, 11) is 0. The molecule has 1 aromatic carbocycles. The van der Waals surface area contributed by atoms with E-state index < -0.39 is 0 Å². The van der Waals surface area contributed by atoms with Gasteiger partial charge in [0, 0.05) is 31.0 Å². The Morgan fingerprint density at radius 3 is 2.74 bits per heavy atom. The molecule has 0 unspecified atom stereocenters. The van der Waals surface area contributed by atoms with Crippen molar-refractivity contribution in [1.29, 1.82) is 0 Å². The van der Waals surface area contributed by atoms with Crippen molar-refractivity contribution in [3.63, 3.8) is 0 Å². The molecule has 19 heavy (non-hydrogen) atoms. The van der Waals surface area contributed by atoms with Crippen LogP contribution in [0.1, 0.15) is 11.1 Å². The first-order valence-electron chi connectivity index (χ1n) is 6.04. The lowest BCUT2D eigenvalue weighted by atomic mass is 10.0. The number of pyridine rings is 1. The quantitative estimate of drug-likeness (QED) is 0.876. The number of halogens is 2. The third kappa shape index (κ3) is 2.48. The molecular weight excluding hydrogens is 283 g/mol. The molecule has 0 saturated heterocycles. The summed E-state index contributed by atoms with van der Waals surface area (Å²) in [5.74, 6) is 0. The van der Waals surface area contributed by atoms with Gasteiger partial charge < -0.3 is 9.88 Å². The molecule has 5 heteroatoms. The molecule has 98 valence electrons. The topological polar surface area (TPSA) is 36.1 Å². The molecule has 1 aromatic heterocycles. The van der Waals surface area contributed by atoms with Crippen molar-refractivity contribution in [2.75, 3.05) is 11.4 Å². The Morgan fingerprint density at radius 2 is 1.95 bits per heavy atom. The molecule has 3 nitrogen and oxygen atoms in total. The van der Waals surface area contributed by atoms with E-state index in [0.717, 1.165) is 30.8 Å². The van der Waals surface area contributed by atoms with Crippen molar-refractivity contribution in [2.24, 2.45) is 0 Å². The number of benzene rings is 1. The molecule has 0 amide bonds. The van der Waals surface area contributed by atoms with Crippen molar-refractivity contribution in [3.8, 4) is 0 Å². The summed E-state index contributed by atoms with van der Waals surface area (Å²) in [5, 5.41) is 1.11. The number of hydrogen-bond acceptors (Lipinski definition) is 2. The summed E-state index contributed by atoms with van der Waals surface area (Å²) < 4.78 is 0. The zero-order chi connectivity index (χ0) is 13.4. The van der Waals surface area contributed by atoms with E-state index in [1.54, 1.807) is 12.1 Å². The predicted molar refractivity (Wildman–Crippen MR) is 78.3 cm³/mol. The van der Waals surface area contributed by atoms with E-state index in [9.17, 15) is 4.79 Å². The fraction of sp³-hybridized carbons (Fsp3) is 0.214. The van der Waals surface area contributed by atoms with Gasteiger partial charge in [-0.15, -0.1) is 0 Å². The molecule has 0 aliphatic carbocycles. The van der Waals surface area contributed by atoms with Gasteiger partial charge in [0.05, 0.1) is 10.0 Å². The summed E-state index contributed by atoms with van der Waals surface area (Å²) in [6, 6.07) is 7.28.